The SMILES string of the molecule is Cc1ccc(C(C)Nc2ccc(SC(F)F)cc2)cc1F. The first-order valence-electron chi connectivity index (χ1n) is 6.53. The van der Waals surface area contributed by atoms with Crippen LogP contribution in [0.15, 0.2) is 47.4 Å². The summed E-state index contributed by atoms with van der Waals surface area (Å²) in [6, 6.07) is 11.8. The lowest BCUT2D eigenvalue weighted by Crippen LogP contribution is -2.07. The highest BCUT2D eigenvalue weighted by Crippen LogP contribution is 2.27. The van der Waals surface area contributed by atoms with Crippen molar-refractivity contribution in [2.45, 2.75) is 30.5 Å². The van der Waals surface area contributed by atoms with Gasteiger partial charge in [0.2, 0.25) is 0 Å². The summed E-state index contributed by atoms with van der Waals surface area (Å²) in [6.07, 6.45) is 0. The molecule has 0 radical (unpaired) electrons. The van der Waals surface area contributed by atoms with Crippen LogP contribution < -0.4 is 5.32 Å². The maximum absolute atomic E-state index is 13.6. The predicted molar refractivity (Wildman–Crippen MR) is 81.5 cm³/mol. The zero-order valence-electron chi connectivity index (χ0n) is 11.7. The number of hydrogen-bond acceptors (Lipinski definition) is 2. The van der Waals surface area contributed by atoms with E-state index in [0.717, 1.165) is 11.3 Å². The van der Waals surface area contributed by atoms with E-state index < -0.39 is 5.76 Å². The van der Waals surface area contributed by atoms with Gasteiger partial charge in [0.25, 0.3) is 5.76 Å². The minimum atomic E-state index is -2.42. The van der Waals surface area contributed by atoms with Gasteiger partial charge in [0.05, 0.1) is 0 Å². The Morgan fingerprint density at radius 2 is 1.71 bits per heavy atom. The van der Waals surface area contributed by atoms with Crippen LogP contribution in [0.3, 0.4) is 0 Å². The number of nitrogens with one attached hydrogen (secondary N) is 1. The van der Waals surface area contributed by atoms with Crippen LogP contribution in [0.25, 0.3) is 0 Å². The second-order valence-corrected chi connectivity index (χ2v) is 5.84. The Hall–Kier alpha value is -1.62. The fourth-order valence-corrected chi connectivity index (χ4v) is 2.44. The molecule has 0 aliphatic carbocycles. The molecule has 1 unspecified atom stereocenters. The van der Waals surface area contributed by atoms with Gasteiger partial charge in [-0.05, 0) is 55.3 Å². The first-order valence-corrected chi connectivity index (χ1v) is 7.41. The zero-order valence-corrected chi connectivity index (χ0v) is 12.6. The van der Waals surface area contributed by atoms with Crippen molar-refractivity contribution in [3.63, 3.8) is 0 Å². The number of rotatable bonds is 5. The van der Waals surface area contributed by atoms with E-state index >= 15 is 0 Å². The summed E-state index contributed by atoms with van der Waals surface area (Å²) < 4.78 is 38.0. The molecule has 0 saturated heterocycles. The number of thioether (sulfide) groups is 1. The molecule has 2 aromatic carbocycles. The van der Waals surface area contributed by atoms with Crippen molar-refractivity contribution < 1.29 is 13.2 Å². The molecule has 1 atom stereocenters. The number of halogens is 3. The van der Waals surface area contributed by atoms with Crippen LogP contribution >= 0.6 is 11.8 Å². The summed E-state index contributed by atoms with van der Waals surface area (Å²) in [5.74, 6) is -2.65. The molecule has 0 amide bonds. The maximum atomic E-state index is 13.6. The predicted octanol–water partition coefficient (Wildman–Crippen LogP) is 5.62. The molecule has 2 aromatic rings. The minimum absolute atomic E-state index is 0.0753. The van der Waals surface area contributed by atoms with Crippen molar-refractivity contribution in [1.29, 1.82) is 0 Å². The number of hydrogen-bond donors (Lipinski definition) is 1. The van der Waals surface area contributed by atoms with Crippen molar-refractivity contribution in [1.82, 2.24) is 0 Å². The van der Waals surface area contributed by atoms with Crippen LogP contribution in [0.1, 0.15) is 24.1 Å². The highest BCUT2D eigenvalue weighted by Gasteiger charge is 2.09. The summed E-state index contributed by atoms with van der Waals surface area (Å²) in [6.45, 7) is 3.64. The number of anilines is 1. The summed E-state index contributed by atoms with van der Waals surface area (Å²) in [5, 5.41) is 3.22. The minimum Gasteiger partial charge on any atom is -0.379 e. The fraction of sp³-hybridized carbons (Fsp3) is 0.250. The molecule has 0 saturated carbocycles. The molecule has 0 heterocycles. The lowest BCUT2D eigenvalue weighted by Gasteiger charge is -2.16. The quantitative estimate of drug-likeness (QED) is 0.719. The highest BCUT2D eigenvalue weighted by atomic mass is 32.2. The molecule has 1 N–H and O–H groups in total. The maximum Gasteiger partial charge on any atom is 0.288 e. The normalized spacial score (nSPS) is 12.5. The van der Waals surface area contributed by atoms with E-state index in [-0.39, 0.29) is 11.9 Å². The van der Waals surface area contributed by atoms with Gasteiger partial charge in [-0.25, -0.2) is 4.39 Å². The molecule has 112 valence electrons. The van der Waals surface area contributed by atoms with Crippen molar-refractivity contribution in [3.8, 4) is 0 Å². The molecule has 0 aliphatic heterocycles. The van der Waals surface area contributed by atoms with Gasteiger partial charge < -0.3 is 5.32 Å². The summed E-state index contributed by atoms with van der Waals surface area (Å²) >= 11 is 0.515. The smallest absolute Gasteiger partial charge is 0.288 e. The highest BCUT2D eigenvalue weighted by molar-refractivity contribution is 7.99. The summed E-state index contributed by atoms with van der Waals surface area (Å²) in [4.78, 5) is 0.518. The molecule has 21 heavy (non-hydrogen) atoms. The van der Waals surface area contributed by atoms with Crippen molar-refractivity contribution in [2.24, 2.45) is 0 Å². The Labute approximate surface area is 126 Å². The third-order valence-electron chi connectivity index (χ3n) is 3.16. The molecule has 2 rings (SSSR count). The van der Waals surface area contributed by atoms with Gasteiger partial charge in [0, 0.05) is 16.6 Å². The van der Waals surface area contributed by atoms with Crippen molar-refractivity contribution in [3.05, 3.63) is 59.4 Å². The van der Waals surface area contributed by atoms with E-state index in [2.05, 4.69) is 5.32 Å². The number of alkyl halides is 2. The molecule has 1 nitrogen and oxygen atoms in total. The largest absolute Gasteiger partial charge is 0.379 e. The Morgan fingerprint density at radius 3 is 2.29 bits per heavy atom. The van der Waals surface area contributed by atoms with Gasteiger partial charge in [0.1, 0.15) is 5.82 Å². The molecule has 0 aromatic heterocycles. The van der Waals surface area contributed by atoms with E-state index in [0.29, 0.717) is 22.2 Å². The van der Waals surface area contributed by atoms with E-state index in [1.807, 2.05) is 13.0 Å². The molecule has 0 aliphatic rings. The molecular weight excluding hydrogens is 295 g/mol. The molecule has 0 spiro atoms. The van der Waals surface area contributed by atoms with Gasteiger partial charge in [-0.1, -0.05) is 23.9 Å². The Bertz CT molecular complexity index is 599. The third-order valence-corrected chi connectivity index (χ3v) is 3.88. The van der Waals surface area contributed by atoms with Crippen molar-refractivity contribution >= 4 is 17.4 Å². The molecule has 0 fully saturated rings. The Balaban J connectivity index is 2.04. The molecular formula is C16H16F3NS. The van der Waals surface area contributed by atoms with Crippen LogP contribution in [0.5, 0.6) is 0 Å². The average molecular weight is 311 g/mol. The standard InChI is InChI=1S/C16H16F3NS/c1-10-3-4-12(9-15(10)17)11(2)20-13-5-7-14(8-6-13)21-16(18)19/h3-9,11,16,20H,1-2H3. The van der Waals surface area contributed by atoms with Gasteiger partial charge in [-0.3, -0.25) is 0 Å². The van der Waals surface area contributed by atoms with Crippen LogP contribution in [0.4, 0.5) is 18.9 Å². The topological polar surface area (TPSA) is 12.0 Å². The summed E-state index contributed by atoms with van der Waals surface area (Å²) in [7, 11) is 0. The number of benzene rings is 2. The van der Waals surface area contributed by atoms with E-state index in [1.165, 1.54) is 6.07 Å². The lowest BCUT2D eigenvalue weighted by molar-refractivity contribution is 0.252. The van der Waals surface area contributed by atoms with Crippen LogP contribution in [-0.4, -0.2) is 5.76 Å². The third kappa shape index (κ3) is 4.43. The van der Waals surface area contributed by atoms with Gasteiger partial charge >= 0.3 is 0 Å². The Morgan fingerprint density at radius 1 is 1.05 bits per heavy atom. The van der Waals surface area contributed by atoms with Gasteiger partial charge in [0.15, 0.2) is 0 Å². The molecule has 0 bridgehead atoms. The van der Waals surface area contributed by atoms with E-state index in [4.69, 9.17) is 0 Å². The van der Waals surface area contributed by atoms with Crippen LogP contribution in [0.2, 0.25) is 0 Å². The first-order chi connectivity index (χ1) is 9.95. The van der Waals surface area contributed by atoms with E-state index in [9.17, 15) is 13.2 Å². The number of aryl methyl sites for hydroxylation is 1. The Kier molecular flexibility index (Phi) is 5.17. The lowest BCUT2D eigenvalue weighted by atomic mass is 10.1. The van der Waals surface area contributed by atoms with E-state index in [1.54, 1.807) is 37.3 Å². The molecule has 5 heteroatoms. The second-order valence-electron chi connectivity index (χ2n) is 4.78. The van der Waals surface area contributed by atoms with Crippen LogP contribution in [-0.2, 0) is 0 Å². The zero-order chi connectivity index (χ0) is 15.4. The summed E-state index contributed by atoms with van der Waals surface area (Å²) in [5.41, 5.74) is 2.26. The van der Waals surface area contributed by atoms with Crippen LogP contribution in [0, 0.1) is 12.7 Å². The van der Waals surface area contributed by atoms with Gasteiger partial charge in [-0.2, -0.15) is 8.78 Å². The fourth-order valence-electron chi connectivity index (χ4n) is 1.94. The second kappa shape index (κ2) is 6.89. The average Bonchev–Trinajstić information content (AvgIpc) is 2.43. The van der Waals surface area contributed by atoms with Gasteiger partial charge in [-0.15, -0.1) is 0 Å². The van der Waals surface area contributed by atoms with Crippen molar-refractivity contribution in [2.75, 3.05) is 5.32 Å². The monoisotopic (exact) mass is 311 g/mol. The first kappa shape index (κ1) is 15.8.